The van der Waals surface area contributed by atoms with Crippen molar-refractivity contribution in [3.63, 3.8) is 0 Å². The SMILES string of the molecule is CO[C@]12CC[C@@H](N(C)C(=O)/C=C/c3ccoc3C)C[C@]1(c1cccc(O)c1)CCN(CC1CC1)C2. The summed E-state index contributed by atoms with van der Waals surface area (Å²) in [5.41, 5.74) is 1.45. The fourth-order valence-corrected chi connectivity index (χ4v) is 6.55. The van der Waals surface area contributed by atoms with Crippen molar-refractivity contribution >= 4 is 12.0 Å². The Hall–Kier alpha value is -2.57. The third kappa shape index (κ3) is 4.54. The number of methoxy groups -OCH3 is 1. The first-order valence-electron chi connectivity index (χ1n) is 12.9. The molecule has 0 radical (unpaired) electrons. The number of likely N-dealkylation sites (N-methyl/N-ethyl adjacent to an activating group) is 1. The van der Waals surface area contributed by atoms with Crippen molar-refractivity contribution in [3.05, 3.63) is 59.6 Å². The van der Waals surface area contributed by atoms with Crippen molar-refractivity contribution in [1.29, 1.82) is 0 Å². The maximum Gasteiger partial charge on any atom is 0.246 e. The first-order chi connectivity index (χ1) is 16.9. The topological polar surface area (TPSA) is 66.1 Å². The smallest absolute Gasteiger partial charge is 0.246 e. The van der Waals surface area contributed by atoms with E-state index in [4.69, 9.17) is 9.15 Å². The second-order valence-corrected chi connectivity index (χ2v) is 10.9. The van der Waals surface area contributed by atoms with Gasteiger partial charge in [0.1, 0.15) is 11.5 Å². The molecule has 1 saturated heterocycles. The minimum Gasteiger partial charge on any atom is -0.508 e. The van der Waals surface area contributed by atoms with Gasteiger partial charge >= 0.3 is 0 Å². The van der Waals surface area contributed by atoms with Crippen LogP contribution in [0.1, 0.15) is 55.4 Å². The molecule has 2 heterocycles. The van der Waals surface area contributed by atoms with Crippen LogP contribution in [0.2, 0.25) is 0 Å². The largest absolute Gasteiger partial charge is 0.508 e. The van der Waals surface area contributed by atoms with E-state index in [0.717, 1.165) is 68.1 Å². The van der Waals surface area contributed by atoms with E-state index in [1.165, 1.54) is 12.8 Å². The fourth-order valence-electron chi connectivity index (χ4n) is 6.55. The Morgan fingerprint density at radius 1 is 1.29 bits per heavy atom. The van der Waals surface area contributed by atoms with Gasteiger partial charge in [0.2, 0.25) is 5.91 Å². The highest BCUT2D eigenvalue weighted by molar-refractivity contribution is 5.92. The first kappa shape index (κ1) is 24.1. The number of amides is 1. The molecule has 3 aliphatic rings. The number of aromatic hydroxyl groups is 1. The van der Waals surface area contributed by atoms with Gasteiger partial charge in [-0.1, -0.05) is 12.1 Å². The monoisotopic (exact) mass is 478 g/mol. The summed E-state index contributed by atoms with van der Waals surface area (Å²) < 4.78 is 11.8. The minimum absolute atomic E-state index is 0.00209. The number of furan rings is 1. The number of piperidine rings is 1. The van der Waals surface area contributed by atoms with Gasteiger partial charge in [0, 0.05) is 50.3 Å². The van der Waals surface area contributed by atoms with Gasteiger partial charge in [0.25, 0.3) is 0 Å². The van der Waals surface area contributed by atoms with Gasteiger partial charge < -0.3 is 24.1 Å². The van der Waals surface area contributed by atoms with Crippen LogP contribution < -0.4 is 0 Å². The van der Waals surface area contributed by atoms with E-state index in [9.17, 15) is 9.90 Å². The van der Waals surface area contributed by atoms with Crippen LogP contribution in [0.25, 0.3) is 6.08 Å². The van der Waals surface area contributed by atoms with E-state index in [2.05, 4.69) is 11.0 Å². The summed E-state index contributed by atoms with van der Waals surface area (Å²) >= 11 is 0. The number of hydrogen-bond acceptors (Lipinski definition) is 5. The first-order valence-corrected chi connectivity index (χ1v) is 12.9. The standard InChI is InChI=1S/C29H38N2O4/c1-21-23(12-16-35-21)9-10-27(33)30(2)25-11-13-29(34-3)20-31(19-22-7-8-22)15-14-28(29,18-25)24-5-4-6-26(32)17-24/h4-6,9-10,12,16-17,22,25,32H,7-8,11,13-15,18-20H2,1-3H3/b10-9+/t25-,28+,29+/m1/s1. The van der Waals surface area contributed by atoms with Crippen LogP contribution in [0, 0.1) is 12.8 Å². The van der Waals surface area contributed by atoms with Crippen LogP contribution >= 0.6 is 0 Å². The Labute approximate surface area is 208 Å². The fraction of sp³-hybridized carbons (Fsp3) is 0.552. The number of hydrogen-bond donors (Lipinski definition) is 1. The van der Waals surface area contributed by atoms with E-state index in [1.54, 1.807) is 18.4 Å². The molecule has 2 saturated carbocycles. The molecule has 3 atom stereocenters. The lowest BCUT2D eigenvalue weighted by Gasteiger charge is -2.60. The molecule has 1 aromatic heterocycles. The van der Waals surface area contributed by atoms with Gasteiger partial charge in [-0.3, -0.25) is 4.79 Å². The number of rotatable bonds is 7. The van der Waals surface area contributed by atoms with Gasteiger partial charge in [0.15, 0.2) is 0 Å². The number of aryl methyl sites for hydroxylation is 1. The Bertz CT molecular complexity index is 1090. The molecule has 2 aromatic rings. The van der Waals surface area contributed by atoms with Crippen LogP contribution in [0.4, 0.5) is 0 Å². The lowest BCUT2D eigenvalue weighted by Crippen LogP contribution is -2.68. The predicted molar refractivity (Wildman–Crippen MR) is 136 cm³/mol. The third-order valence-electron chi connectivity index (χ3n) is 8.87. The molecule has 3 fully saturated rings. The van der Waals surface area contributed by atoms with Gasteiger partial charge in [-0.2, -0.15) is 0 Å². The van der Waals surface area contributed by atoms with Gasteiger partial charge in [0.05, 0.1) is 11.9 Å². The summed E-state index contributed by atoms with van der Waals surface area (Å²) in [6.07, 6.45) is 11.4. The molecule has 1 amide bonds. The lowest BCUT2D eigenvalue weighted by atomic mass is 9.55. The van der Waals surface area contributed by atoms with Crippen molar-refractivity contribution in [2.75, 3.05) is 33.8 Å². The number of ether oxygens (including phenoxy) is 1. The molecule has 1 aliphatic heterocycles. The number of fused-ring (bicyclic) bond motifs is 1. The second kappa shape index (κ2) is 9.47. The van der Waals surface area contributed by atoms with Crippen molar-refractivity contribution in [2.45, 2.75) is 62.5 Å². The molecule has 6 heteroatoms. The summed E-state index contributed by atoms with van der Waals surface area (Å²) in [7, 11) is 3.76. The maximum atomic E-state index is 13.2. The molecule has 0 spiro atoms. The van der Waals surface area contributed by atoms with Crippen LogP contribution in [0.3, 0.4) is 0 Å². The number of carbonyl (C=O) groups is 1. The molecule has 2 aliphatic carbocycles. The maximum absolute atomic E-state index is 13.2. The zero-order chi connectivity index (χ0) is 24.6. The summed E-state index contributed by atoms with van der Waals surface area (Å²) in [6, 6.07) is 9.68. The Kier molecular flexibility index (Phi) is 6.53. The highest BCUT2D eigenvalue weighted by Gasteiger charge is 2.59. The molecule has 6 nitrogen and oxygen atoms in total. The Morgan fingerprint density at radius 3 is 2.80 bits per heavy atom. The number of nitrogens with zero attached hydrogens (tertiary/aromatic N) is 2. The summed E-state index contributed by atoms with van der Waals surface area (Å²) in [5.74, 6) is 1.92. The minimum atomic E-state index is -0.335. The van der Waals surface area contributed by atoms with E-state index in [-0.39, 0.29) is 28.7 Å². The number of phenols is 1. The Morgan fingerprint density at radius 2 is 2.11 bits per heavy atom. The zero-order valence-electron chi connectivity index (χ0n) is 21.2. The highest BCUT2D eigenvalue weighted by Crippen LogP contribution is 2.54. The van der Waals surface area contributed by atoms with Crippen molar-refractivity contribution < 1.29 is 19.1 Å². The van der Waals surface area contributed by atoms with Crippen molar-refractivity contribution in [1.82, 2.24) is 9.80 Å². The average Bonchev–Trinajstić information content (AvgIpc) is 3.59. The van der Waals surface area contributed by atoms with Crippen LogP contribution in [0.15, 0.2) is 47.1 Å². The van der Waals surface area contributed by atoms with Crippen LogP contribution in [-0.2, 0) is 14.9 Å². The molecular weight excluding hydrogens is 440 g/mol. The van der Waals surface area contributed by atoms with E-state index >= 15 is 0 Å². The molecular formula is C29H38N2O4. The van der Waals surface area contributed by atoms with Gasteiger partial charge in [-0.25, -0.2) is 0 Å². The summed E-state index contributed by atoms with van der Waals surface area (Å²) in [5, 5.41) is 10.4. The third-order valence-corrected chi connectivity index (χ3v) is 8.87. The Balaban J connectivity index is 1.42. The van der Waals surface area contributed by atoms with Crippen LogP contribution in [-0.4, -0.2) is 66.2 Å². The summed E-state index contributed by atoms with van der Waals surface area (Å²) in [6.45, 7) is 4.97. The second-order valence-electron chi connectivity index (χ2n) is 10.9. The molecule has 1 aromatic carbocycles. The quantitative estimate of drug-likeness (QED) is 0.582. The zero-order valence-corrected chi connectivity index (χ0v) is 21.2. The molecule has 0 unspecified atom stereocenters. The average molecular weight is 479 g/mol. The van der Waals surface area contributed by atoms with Gasteiger partial charge in [-0.05, 0) is 87.7 Å². The summed E-state index contributed by atoms with van der Waals surface area (Å²) in [4.78, 5) is 17.6. The number of carbonyl (C=O) groups excluding carboxylic acids is 1. The molecule has 1 N–H and O–H groups in total. The molecule has 5 rings (SSSR count). The normalized spacial score (nSPS) is 29.3. The molecule has 0 bridgehead atoms. The number of benzene rings is 1. The van der Waals surface area contributed by atoms with Crippen LogP contribution in [0.5, 0.6) is 5.75 Å². The predicted octanol–water partition coefficient (Wildman–Crippen LogP) is 4.76. The van der Waals surface area contributed by atoms with E-state index in [1.807, 2.05) is 50.3 Å². The van der Waals surface area contributed by atoms with Crippen molar-refractivity contribution in [2.24, 2.45) is 5.92 Å². The molecule has 188 valence electrons. The van der Waals surface area contributed by atoms with Gasteiger partial charge in [-0.15, -0.1) is 0 Å². The number of likely N-dealkylation sites (tertiary alicyclic amines) is 1. The van der Waals surface area contributed by atoms with E-state index < -0.39 is 0 Å². The highest BCUT2D eigenvalue weighted by atomic mass is 16.5. The molecule has 35 heavy (non-hydrogen) atoms. The lowest BCUT2D eigenvalue weighted by molar-refractivity contribution is -0.159. The number of phenolic OH excluding ortho intramolecular Hbond substituents is 1. The van der Waals surface area contributed by atoms with Crippen molar-refractivity contribution in [3.8, 4) is 5.75 Å². The van der Waals surface area contributed by atoms with E-state index in [0.29, 0.717) is 0 Å².